The van der Waals surface area contributed by atoms with E-state index in [0.717, 1.165) is 25.9 Å². The molecule has 2 aliphatic rings. The molecule has 0 N–H and O–H groups in total. The summed E-state index contributed by atoms with van der Waals surface area (Å²) in [5.41, 5.74) is 0.319. The molecule has 2 fully saturated rings. The third kappa shape index (κ3) is 3.43. The van der Waals surface area contributed by atoms with Gasteiger partial charge in [0.15, 0.2) is 0 Å². The van der Waals surface area contributed by atoms with Crippen molar-refractivity contribution in [1.82, 2.24) is 14.9 Å². The van der Waals surface area contributed by atoms with Crippen molar-refractivity contribution in [3.63, 3.8) is 0 Å². The van der Waals surface area contributed by atoms with Crippen molar-refractivity contribution in [3.8, 4) is 0 Å². The van der Waals surface area contributed by atoms with Crippen molar-refractivity contribution in [2.24, 2.45) is 5.41 Å². The van der Waals surface area contributed by atoms with E-state index in [1.807, 2.05) is 4.90 Å². The van der Waals surface area contributed by atoms with E-state index >= 15 is 0 Å². The Labute approximate surface area is 136 Å². The molecule has 0 saturated carbocycles. The highest BCUT2D eigenvalue weighted by Gasteiger charge is 2.47. The largest absolute Gasteiger partial charge is 0.377 e. The molecule has 0 unspecified atom stereocenters. The van der Waals surface area contributed by atoms with Gasteiger partial charge in [-0.25, -0.2) is 9.97 Å². The van der Waals surface area contributed by atoms with Gasteiger partial charge in [-0.2, -0.15) is 0 Å². The number of fused-ring (bicyclic) bond motifs is 1. The van der Waals surface area contributed by atoms with Gasteiger partial charge in [-0.15, -0.1) is 6.58 Å². The third-order valence-corrected chi connectivity index (χ3v) is 4.70. The van der Waals surface area contributed by atoms with Gasteiger partial charge in [0.1, 0.15) is 12.0 Å². The topological polar surface area (TPSA) is 64.6 Å². The molecule has 6 heteroatoms. The van der Waals surface area contributed by atoms with Crippen LogP contribution in [-0.2, 0) is 9.47 Å². The van der Waals surface area contributed by atoms with Crippen LogP contribution in [0.3, 0.4) is 0 Å². The lowest BCUT2D eigenvalue weighted by molar-refractivity contribution is -0.144. The number of carbonyl (C=O) groups excluding carboxylic acids is 1. The van der Waals surface area contributed by atoms with Gasteiger partial charge in [-0.3, -0.25) is 4.79 Å². The van der Waals surface area contributed by atoms with E-state index in [9.17, 15) is 4.79 Å². The molecule has 124 valence electrons. The van der Waals surface area contributed by atoms with Crippen LogP contribution in [0.15, 0.2) is 31.2 Å². The number of likely N-dealkylation sites (tertiary alicyclic amines) is 1. The number of rotatable bonds is 5. The normalized spacial score (nSPS) is 27.3. The lowest BCUT2D eigenvalue weighted by Crippen LogP contribution is -2.58. The van der Waals surface area contributed by atoms with Crippen LogP contribution >= 0.6 is 0 Å². The van der Waals surface area contributed by atoms with Gasteiger partial charge in [0.2, 0.25) is 0 Å². The Kier molecular flexibility index (Phi) is 5.03. The SMILES string of the molecule is C=CCOC[C@]12CCCO[C@H]1CCN(C(=O)c1ccncn1)C2. The van der Waals surface area contributed by atoms with E-state index < -0.39 is 0 Å². The second kappa shape index (κ2) is 7.19. The minimum absolute atomic E-state index is 0.0421. The third-order valence-electron chi connectivity index (χ3n) is 4.70. The molecule has 2 aliphatic heterocycles. The van der Waals surface area contributed by atoms with Crippen molar-refractivity contribution in [2.75, 3.05) is 32.9 Å². The fraction of sp³-hybridized carbons (Fsp3) is 0.588. The van der Waals surface area contributed by atoms with Crippen LogP contribution < -0.4 is 0 Å². The molecular weight excluding hydrogens is 294 g/mol. The Morgan fingerprint density at radius 3 is 3.30 bits per heavy atom. The zero-order chi connectivity index (χ0) is 16.1. The maximum absolute atomic E-state index is 12.7. The number of hydrogen-bond acceptors (Lipinski definition) is 5. The van der Waals surface area contributed by atoms with Crippen molar-refractivity contribution < 1.29 is 14.3 Å². The predicted molar refractivity (Wildman–Crippen MR) is 85.0 cm³/mol. The first-order valence-corrected chi connectivity index (χ1v) is 8.11. The van der Waals surface area contributed by atoms with Crippen molar-refractivity contribution in [2.45, 2.75) is 25.4 Å². The highest BCUT2D eigenvalue weighted by molar-refractivity contribution is 5.92. The fourth-order valence-electron chi connectivity index (χ4n) is 3.60. The molecule has 3 rings (SSSR count). The number of amides is 1. The predicted octanol–water partition coefficient (Wildman–Crippen LogP) is 1.69. The molecule has 1 amide bonds. The molecule has 2 atom stereocenters. The summed E-state index contributed by atoms with van der Waals surface area (Å²) in [7, 11) is 0. The maximum Gasteiger partial charge on any atom is 0.272 e. The lowest BCUT2D eigenvalue weighted by atomic mass is 9.73. The van der Waals surface area contributed by atoms with E-state index in [-0.39, 0.29) is 17.4 Å². The summed E-state index contributed by atoms with van der Waals surface area (Å²) in [5, 5.41) is 0. The van der Waals surface area contributed by atoms with Crippen LogP contribution in [0.25, 0.3) is 0 Å². The molecule has 1 aromatic rings. The van der Waals surface area contributed by atoms with Gasteiger partial charge in [0.25, 0.3) is 5.91 Å². The number of carbonyl (C=O) groups is 1. The standard InChI is InChI=1S/C17H23N3O3/c1-2-9-22-12-17-6-3-10-23-15(17)5-8-20(11-17)16(21)14-4-7-18-13-19-14/h2,4,7,13,15H,1,3,5-6,8-12H2/t15-,17+/m0/s1. The van der Waals surface area contributed by atoms with E-state index in [1.54, 1.807) is 18.3 Å². The second-order valence-corrected chi connectivity index (χ2v) is 6.24. The Bertz CT molecular complexity index is 551. The van der Waals surface area contributed by atoms with Gasteiger partial charge >= 0.3 is 0 Å². The summed E-state index contributed by atoms with van der Waals surface area (Å²) in [6.07, 6.45) is 7.78. The first kappa shape index (κ1) is 16.1. The van der Waals surface area contributed by atoms with E-state index in [1.165, 1.54) is 6.33 Å². The molecule has 0 aromatic carbocycles. The Morgan fingerprint density at radius 1 is 1.61 bits per heavy atom. The highest BCUT2D eigenvalue weighted by Crippen LogP contribution is 2.40. The molecule has 0 bridgehead atoms. The summed E-state index contributed by atoms with van der Waals surface area (Å²) >= 11 is 0. The first-order chi connectivity index (χ1) is 11.2. The second-order valence-electron chi connectivity index (χ2n) is 6.24. The number of aromatic nitrogens is 2. The van der Waals surface area contributed by atoms with E-state index in [4.69, 9.17) is 9.47 Å². The summed E-state index contributed by atoms with van der Waals surface area (Å²) in [6.45, 7) is 6.95. The molecule has 1 aromatic heterocycles. The maximum atomic E-state index is 12.7. The Hall–Kier alpha value is -1.79. The molecular formula is C17H23N3O3. The molecule has 3 heterocycles. The molecule has 0 radical (unpaired) electrons. The minimum atomic E-state index is -0.123. The van der Waals surface area contributed by atoms with Crippen LogP contribution in [0.2, 0.25) is 0 Å². The lowest BCUT2D eigenvalue weighted by Gasteiger charge is -2.50. The molecule has 0 spiro atoms. The Balaban J connectivity index is 1.75. The zero-order valence-corrected chi connectivity index (χ0v) is 13.3. The van der Waals surface area contributed by atoms with Crippen LogP contribution in [0.5, 0.6) is 0 Å². The number of hydrogen-bond donors (Lipinski definition) is 0. The average Bonchev–Trinajstić information content (AvgIpc) is 2.61. The van der Waals surface area contributed by atoms with Crippen molar-refractivity contribution in [1.29, 1.82) is 0 Å². The first-order valence-electron chi connectivity index (χ1n) is 8.11. The molecule has 0 aliphatic carbocycles. The van der Waals surface area contributed by atoms with Gasteiger partial charge in [-0.1, -0.05) is 6.08 Å². The van der Waals surface area contributed by atoms with Gasteiger partial charge in [0.05, 0.1) is 19.3 Å². The molecule has 2 saturated heterocycles. The van der Waals surface area contributed by atoms with Crippen molar-refractivity contribution >= 4 is 5.91 Å². The summed E-state index contributed by atoms with van der Waals surface area (Å²) in [4.78, 5) is 22.5. The zero-order valence-electron chi connectivity index (χ0n) is 13.3. The summed E-state index contributed by atoms with van der Waals surface area (Å²) in [5.74, 6) is -0.0421. The van der Waals surface area contributed by atoms with Gasteiger partial charge < -0.3 is 14.4 Å². The quantitative estimate of drug-likeness (QED) is 0.611. The van der Waals surface area contributed by atoms with E-state index in [2.05, 4.69) is 16.5 Å². The molecule has 23 heavy (non-hydrogen) atoms. The van der Waals surface area contributed by atoms with Gasteiger partial charge in [0, 0.05) is 31.3 Å². The smallest absolute Gasteiger partial charge is 0.272 e. The van der Waals surface area contributed by atoms with Crippen LogP contribution in [0, 0.1) is 5.41 Å². The fourth-order valence-corrected chi connectivity index (χ4v) is 3.60. The van der Waals surface area contributed by atoms with Crippen molar-refractivity contribution in [3.05, 3.63) is 36.9 Å². The summed E-state index contributed by atoms with van der Waals surface area (Å²) < 4.78 is 11.7. The average molecular weight is 317 g/mol. The number of piperidine rings is 1. The summed E-state index contributed by atoms with van der Waals surface area (Å²) in [6, 6.07) is 1.66. The molecule has 6 nitrogen and oxygen atoms in total. The van der Waals surface area contributed by atoms with Crippen LogP contribution in [0.1, 0.15) is 29.8 Å². The minimum Gasteiger partial charge on any atom is -0.377 e. The van der Waals surface area contributed by atoms with Crippen LogP contribution in [-0.4, -0.2) is 59.8 Å². The van der Waals surface area contributed by atoms with Crippen LogP contribution in [0.4, 0.5) is 0 Å². The van der Waals surface area contributed by atoms with E-state index in [0.29, 0.717) is 32.0 Å². The monoisotopic (exact) mass is 317 g/mol. The number of nitrogens with zero attached hydrogens (tertiary/aromatic N) is 3. The van der Waals surface area contributed by atoms with Gasteiger partial charge in [-0.05, 0) is 25.3 Å². The number of ether oxygens (including phenoxy) is 2. The Morgan fingerprint density at radius 2 is 2.52 bits per heavy atom. The highest BCUT2D eigenvalue weighted by atomic mass is 16.5.